The Balaban J connectivity index is 4.32. The lowest BCUT2D eigenvalue weighted by Crippen LogP contribution is -2.33. The molecule has 0 heterocycles. The normalized spacial score (nSPS) is 16.2. The lowest BCUT2D eigenvalue weighted by molar-refractivity contribution is 0.277. The van der Waals surface area contributed by atoms with Crippen molar-refractivity contribution in [3.05, 3.63) is 0 Å². The quantitative estimate of drug-likeness (QED) is 0.553. The van der Waals surface area contributed by atoms with E-state index in [1.54, 1.807) is 0 Å². The first-order valence-corrected chi connectivity index (χ1v) is 8.47. The van der Waals surface area contributed by atoms with E-state index in [4.69, 9.17) is 14.0 Å². The Hall–Kier alpha value is 0.327. The summed E-state index contributed by atoms with van der Waals surface area (Å²) in [6, 6.07) is 0. The van der Waals surface area contributed by atoms with Gasteiger partial charge in [-0.2, -0.15) is 0 Å². The van der Waals surface area contributed by atoms with Gasteiger partial charge in [0.05, 0.1) is 0 Å². The van der Waals surface area contributed by atoms with Crippen LogP contribution < -0.4 is 0 Å². The van der Waals surface area contributed by atoms with Crippen molar-refractivity contribution in [2.75, 3.05) is 0 Å². The molecule has 0 rings (SSSR count). The minimum absolute atomic E-state index is 0.255. The molecule has 0 aliphatic carbocycles. The average molecular weight is 212 g/mol. The Kier molecular flexibility index (Phi) is 4.13. The second-order valence-electron chi connectivity index (χ2n) is 3.49. The van der Waals surface area contributed by atoms with Crippen molar-refractivity contribution in [3.63, 3.8) is 0 Å². The standard InChI is InChI=1S/C6H17O4PSi/c1-5-6(2)12(3,4)10-11(7,8)9/h6H,5H2,1-4H3,(H2,7,8,9). The van der Waals surface area contributed by atoms with Crippen LogP contribution in [0.15, 0.2) is 0 Å². The molecule has 2 N–H and O–H groups in total. The fourth-order valence-electron chi connectivity index (χ4n) is 0.888. The lowest BCUT2D eigenvalue weighted by Gasteiger charge is -2.28. The van der Waals surface area contributed by atoms with Crippen LogP contribution in [0.25, 0.3) is 0 Å². The van der Waals surface area contributed by atoms with Crippen molar-refractivity contribution in [2.24, 2.45) is 0 Å². The van der Waals surface area contributed by atoms with Crippen LogP contribution in [0.3, 0.4) is 0 Å². The summed E-state index contributed by atoms with van der Waals surface area (Å²) < 4.78 is 15.4. The maximum Gasteiger partial charge on any atom is 0.459 e. The highest BCUT2D eigenvalue weighted by Gasteiger charge is 2.35. The van der Waals surface area contributed by atoms with Gasteiger partial charge in [0.2, 0.25) is 8.32 Å². The number of hydrogen-bond acceptors (Lipinski definition) is 2. The third-order valence-electron chi connectivity index (χ3n) is 2.15. The molecule has 0 aliphatic rings. The summed E-state index contributed by atoms with van der Waals surface area (Å²) in [6.07, 6.45) is 0.888. The van der Waals surface area contributed by atoms with E-state index in [0.717, 1.165) is 6.42 Å². The van der Waals surface area contributed by atoms with Crippen molar-refractivity contribution in [1.82, 2.24) is 0 Å². The predicted molar refractivity (Wildman–Crippen MR) is 50.3 cm³/mol. The molecule has 1 atom stereocenters. The summed E-state index contributed by atoms with van der Waals surface area (Å²) in [7, 11) is -6.50. The monoisotopic (exact) mass is 212 g/mol. The van der Waals surface area contributed by atoms with Crippen molar-refractivity contribution < 1.29 is 18.6 Å². The lowest BCUT2D eigenvalue weighted by atomic mass is 10.4. The zero-order chi connectivity index (χ0) is 9.99. The van der Waals surface area contributed by atoms with Crippen LogP contribution in [0.2, 0.25) is 18.6 Å². The molecule has 6 heteroatoms. The first-order valence-electron chi connectivity index (χ1n) is 3.95. The van der Waals surface area contributed by atoms with E-state index in [1.165, 1.54) is 0 Å². The van der Waals surface area contributed by atoms with Gasteiger partial charge in [-0.3, -0.25) is 0 Å². The van der Waals surface area contributed by atoms with Gasteiger partial charge in [0.25, 0.3) is 0 Å². The molecule has 0 amide bonds. The molecule has 0 radical (unpaired) electrons. The largest absolute Gasteiger partial charge is 0.459 e. The maximum atomic E-state index is 10.6. The number of rotatable bonds is 4. The van der Waals surface area contributed by atoms with Gasteiger partial charge in [-0.25, -0.2) is 4.57 Å². The molecule has 0 aromatic rings. The summed E-state index contributed by atoms with van der Waals surface area (Å²) in [4.78, 5) is 17.2. The maximum absolute atomic E-state index is 10.6. The summed E-state index contributed by atoms with van der Waals surface area (Å²) >= 11 is 0. The molecule has 0 saturated heterocycles. The molecule has 0 aromatic heterocycles. The van der Waals surface area contributed by atoms with E-state index in [2.05, 4.69) is 0 Å². The highest BCUT2D eigenvalue weighted by molar-refractivity contribution is 7.48. The van der Waals surface area contributed by atoms with Crippen molar-refractivity contribution >= 4 is 16.1 Å². The van der Waals surface area contributed by atoms with Gasteiger partial charge in [0, 0.05) is 0 Å². The number of hydrogen-bond donors (Lipinski definition) is 2. The fraction of sp³-hybridized carbons (Fsp3) is 1.00. The van der Waals surface area contributed by atoms with Gasteiger partial charge < -0.3 is 14.0 Å². The van der Waals surface area contributed by atoms with Crippen molar-refractivity contribution in [2.45, 2.75) is 38.9 Å². The molecule has 12 heavy (non-hydrogen) atoms. The van der Waals surface area contributed by atoms with Gasteiger partial charge >= 0.3 is 7.82 Å². The van der Waals surface area contributed by atoms with E-state index in [1.807, 2.05) is 26.9 Å². The van der Waals surface area contributed by atoms with Crippen LogP contribution in [0, 0.1) is 0 Å². The fourth-order valence-corrected chi connectivity index (χ4v) is 5.04. The van der Waals surface area contributed by atoms with Crippen LogP contribution in [0.1, 0.15) is 20.3 Å². The molecule has 74 valence electrons. The Morgan fingerprint density at radius 3 is 2.17 bits per heavy atom. The summed E-state index contributed by atoms with van der Waals surface area (Å²) in [5.74, 6) is 0. The highest BCUT2D eigenvalue weighted by Crippen LogP contribution is 2.43. The van der Waals surface area contributed by atoms with Gasteiger partial charge in [-0.1, -0.05) is 20.3 Å². The second-order valence-corrected chi connectivity index (χ2v) is 9.40. The smallest absolute Gasteiger partial charge is 0.330 e. The molecule has 0 fully saturated rings. The first-order chi connectivity index (χ1) is 5.19. The molecule has 0 spiro atoms. The molecule has 0 aromatic carbocycles. The molecule has 4 nitrogen and oxygen atoms in total. The average Bonchev–Trinajstić information content (AvgIpc) is 1.80. The molecule has 1 unspecified atom stereocenters. The zero-order valence-electron chi connectivity index (χ0n) is 7.94. The van der Waals surface area contributed by atoms with E-state index in [9.17, 15) is 4.57 Å². The summed E-state index contributed by atoms with van der Waals surface area (Å²) in [6.45, 7) is 7.59. The van der Waals surface area contributed by atoms with E-state index < -0.39 is 16.1 Å². The van der Waals surface area contributed by atoms with E-state index >= 15 is 0 Å². The first kappa shape index (κ1) is 12.3. The highest BCUT2D eigenvalue weighted by atomic mass is 31.2. The van der Waals surface area contributed by atoms with Crippen molar-refractivity contribution in [1.29, 1.82) is 0 Å². The zero-order valence-corrected chi connectivity index (χ0v) is 9.84. The Morgan fingerprint density at radius 2 is 1.92 bits per heavy atom. The van der Waals surface area contributed by atoms with Gasteiger partial charge in [-0.15, -0.1) is 0 Å². The minimum Gasteiger partial charge on any atom is -0.330 e. The minimum atomic E-state index is -4.29. The van der Waals surface area contributed by atoms with Crippen LogP contribution in [0.4, 0.5) is 0 Å². The van der Waals surface area contributed by atoms with E-state index in [-0.39, 0.29) is 5.54 Å². The molecule has 0 bridgehead atoms. The Labute approximate surface area is 74.3 Å². The van der Waals surface area contributed by atoms with Crippen LogP contribution in [0.5, 0.6) is 0 Å². The topological polar surface area (TPSA) is 66.8 Å². The van der Waals surface area contributed by atoms with E-state index in [0.29, 0.717) is 0 Å². The predicted octanol–water partition coefficient (Wildman–Crippen LogP) is 2.10. The summed E-state index contributed by atoms with van der Waals surface area (Å²) in [5, 5.41) is 0. The molecule has 0 aliphatic heterocycles. The Bertz CT molecular complexity index is 188. The van der Waals surface area contributed by atoms with Crippen LogP contribution in [-0.4, -0.2) is 18.1 Å². The SMILES string of the molecule is CCC(C)[Si](C)(C)OP(=O)(O)O. The van der Waals surface area contributed by atoms with Crippen LogP contribution >= 0.6 is 7.82 Å². The Morgan fingerprint density at radius 1 is 1.50 bits per heavy atom. The van der Waals surface area contributed by atoms with Gasteiger partial charge in [0.1, 0.15) is 0 Å². The molecule has 0 saturated carbocycles. The second kappa shape index (κ2) is 4.02. The summed E-state index contributed by atoms with van der Waals surface area (Å²) in [5.41, 5.74) is 0.255. The third kappa shape index (κ3) is 4.38. The third-order valence-corrected chi connectivity index (χ3v) is 7.77. The molecular weight excluding hydrogens is 195 g/mol. The van der Waals surface area contributed by atoms with Gasteiger partial charge in [0.15, 0.2) is 0 Å². The number of phosphoric acid groups is 1. The van der Waals surface area contributed by atoms with Crippen LogP contribution in [-0.2, 0) is 8.78 Å². The molecular formula is C6H17O4PSi. The van der Waals surface area contributed by atoms with Gasteiger partial charge in [-0.05, 0) is 18.6 Å². The van der Waals surface area contributed by atoms with Crippen molar-refractivity contribution in [3.8, 4) is 0 Å².